The number of rotatable bonds is 99. The summed E-state index contributed by atoms with van der Waals surface area (Å²) in [6, 6.07) is 6.82. The van der Waals surface area contributed by atoms with Crippen molar-refractivity contribution in [3.05, 3.63) is 48.5 Å². The van der Waals surface area contributed by atoms with Crippen LogP contribution < -0.4 is 0 Å². The quantitative estimate of drug-likeness (QED) is 0.0495. The molecule has 7 heteroatoms. The van der Waals surface area contributed by atoms with Crippen molar-refractivity contribution in [1.82, 2.24) is 14.8 Å². The van der Waals surface area contributed by atoms with E-state index in [-0.39, 0.29) is 11.8 Å². The first-order valence-electron chi connectivity index (χ1n) is 61.6. The summed E-state index contributed by atoms with van der Waals surface area (Å²) < 4.78 is 0. The number of aromatic nitrogens is 1. The Kier molecular flexibility index (Phi) is 108. The number of fused-ring (bicyclic) bond motifs is 2. The third-order valence-electron chi connectivity index (χ3n) is 30.2. The van der Waals surface area contributed by atoms with Gasteiger partial charge in [-0.25, -0.2) is 0 Å². The average Bonchev–Trinajstić information content (AvgIpc) is 1.64. The van der Waals surface area contributed by atoms with Crippen molar-refractivity contribution >= 4 is 22.4 Å². The highest BCUT2D eigenvalue weighted by Crippen LogP contribution is 2.41. The minimum absolute atomic E-state index is 0.0445. The van der Waals surface area contributed by atoms with Crippen molar-refractivity contribution in [2.45, 2.75) is 677 Å². The Labute approximate surface area is 836 Å². The Balaban J connectivity index is 0.00000171. The standard InChI is InChI=1S/C37H76O.C32H66O.C29H60O.C20H25N3O.C8H17/c1-2-3-4-5-6-7-8-9-10-11-12-13-14-15-16-17-18-19-20-21-22-23-24-25-26-27-28-29-30-31-32-33-34-35-36-37-38;1-2-3-4-5-6-7-8-9-10-11-12-13-14-15-16-17-18-19-20-21-22-23-24-25-26-27-28-29-30-31-32-33;1-2-3-4-5-6-7-8-9-10-11-12-13-14-15-16-17-18-19-20-21-22-23-24-25-26-27-28-29-30;1-4-23(5-2)20(24)14-9-16-15-7-6-8-17-19(15)13(11-21-17)10-18(16)22(3)12-14;1-4-6-7-8(3)5-2/h38H,2-37H2,1H3;33H,2-32H2,1H3;30H,2-29H2,1H3;6-9,11,14,18,21H,4-5,10,12H2,1-3H3;8H,3-7H2,1-2H3/t;;;14-,18-;/m...1./s1. The predicted molar refractivity (Wildman–Crippen MR) is 600 cm³/mol. The second-order valence-electron chi connectivity index (χ2n) is 43.0. The molecule has 1 aromatic carbocycles. The first kappa shape index (κ1) is 131. The smallest absolute Gasteiger partial charge is 0.230 e. The number of hydrogen-bond acceptors (Lipinski definition) is 5. The van der Waals surface area contributed by atoms with Gasteiger partial charge < -0.3 is 25.2 Å². The fraction of sp³-hybridized carbons (Fsp3) is 0.905. The molecule has 0 saturated carbocycles. The van der Waals surface area contributed by atoms with Gasteiger partial charge in [-0.1, -0.05) is 657 Å². The highest BCUT2D eigenvalue weighted by molar-refractivity contribution is 5.99. The molecule has 0 spiro atoms. The van der Waals surface area contributed by atoms with Crippen molar-refractivity contribution < 1.29 is 20.1 Å². The Morgan fingerprint density at radius 2 is 0.534 bits per heavy atom. The minimum Gasteiger partial charge on any atom is -0.396 e. The molecule has 4 N–H and O–H groups in total. The number of aliphatic hydroxyl groups excluding tert-OH is 3. The molecule has 133 heavy (non-hydrogen) atoms. The van der Waals surface area contributed by atoms with E-state index in [2.05, 4.69) is 103 Å². The van der Waals surface area contributed by atoms with E-state index in [0.29, 0.717) is 31.8 Å². The highest BCUT2D eigenvalue weighted by Gasteiger charge is 2.36. The van der Waals surface area contributed by atoms with Gasteiger partial charge in [-0.05, 0) is 75.3 Å². The van der Waals surface area contributed by atoms with Gasteiger partial charge in [0.05, 0.1) is 5.92 Å². The lowest BCUT2D eigenvalue weighted by Gasteiger charge is -2.40. The van der Waals surface area contributed by atoms with Crippen LogP contribution in [0, 0.1) is 18.8 Å². The summed E-state index contributed by atoms with van der Waals surface area (Å²) in [4.78, 5) is 20.6. The first-order valence-corrected chi connectivity index (χ1v) is 61.6. The number of carbonyl (C=O) groups is 1. The van der Waals surface area contributed by atoms with Crippen LogP contribution in [-0.4, -0.2) is 88.6 Å². The van der Waals surface area contributed by atoms with E-state index in [1.807, 2.05) is 4.90 Å². The Morgan fingerprint density at radius 3 is 0.729 bits per heavy atom. The lowest BCUT2D eigenvalue weighted by Crippen LogP contribution is -2.47. The molecule has 1 unspecified atom stereocenters. The number of amides is 1. The van der Waals surface area contributed by atoms with Crippen LogP contribution in [0.25, 0.3) is 16.5 Å². The molecular weight excluding hydrogens is 1620 g/mol. The molecule has 1 amide bonds. The lowest BCUT2D eigenvalue weighted by atomic mass is 9.79. The molecule has 0 saturated heterocycles. The fourth-order valence-corrected chi connectivity index (χ4v) is 20.8. The molecule has 2 aromatic rings. The Hall–Kier alpha value is -2.19. The van der Waals surface area contributed by atoms with Gasteiger partial charge in [0.2, 0.25) is 5.91 Å². The molecular formula is C126H244N3O4. The number of aliphatic hydroxyl groups is 3. The number of H-pyrrole nitrogens is 1. The summed E-state index contributed by atoms with van der Waals surface area (Å²) in [5.41, 5.74) is 5.21. The van der Waals surface area contributed by atoms with Gasteiger partial charge in [-0.3, -0.25) is 9.69 Å². The third kappa shape index (κ3) is 88.5. The fourth-order valence-electron chi connectivity index (χ4n) is 20.8. The molecule has 3 atom stereocenters. The van der Waals surface area contributed by atoms with Crippen molar-refractivity contribution in [2.24, 2.45) is 11.8 Å². The number of hydrogen-bond donors (Lipinski definition) is 4. The van der Waals surface area contributed by atoms with E-state index in [1.54, 1.807) is 0 Å². The number of likely N-dealkylation sites (N-methyl/N-ethyl adjacent to an activating group) is 1. The lowest BCUT2D eigenvalue weighted by molar-refractivity contribution is -0.134. The maximum Gasteiger partial charge on any atom is 0.230 e. The molecule has 4 rings (SSSR count). The second-order valence-corrected chi connectivity index (χ2v) is 43.0. The summed E-state index contributed by atoms with van der Waals surface area (Å²) in [6.07, 6.45) is 143. The first-order chi connectivity index (χ1) is 65.7. The van der Waals surface area contributed by atoms with Crippen LogP contribution in [0.2, 0.25) is 0 Å². The van der Waals surface area contributed by atoms with Crippen molar-refractivity contribution in [2.75, 3.05) is 46.5 Å². The van der Waals surface area contributed by atoms with Crippen LogP contribution in [-0.2, 0) is 11.2 Å². The Morgan fingerprint density at radius 1 is 0.323 bits per heavy atom. The largest absolute Gasteiger partial charge is 0.396 e. The molecule has 0 bridgehead atoms. The number of nitrogens with zero attached hydrogens (tertiary/aromatic N) is 2. The molecule has 2 aliphatic rings. The van der Waals surface area contributed by atoms with E-state index in [0.717, 1.165) is 45.3 Å². The minimum atomic E-state index is -0.0445. The van der Waals surface area contributed by atoms with Crippen molar-refractivity contribution in [3.8, 4) is 0 Å². The predicted octanol–water partition coefficient (Wildman–Crippen LogP) is 41.8. The Bertz CT molecular complexity index is 2440. The number of benzene rings is 1. The zero-order valence-electron chi connectivity index (χ0n) is 92.3. The van der Waals surface area contributed by atoms with E-state index >= 15 is 0 Å². The molecule has 1 aliphatic carbocycles. The monoisotopic (exact) mass is 1860 g/mol. The number of aromatic amines is 1. The van der Waals surface area contributed by atoms with E-state index in [4.69, 9.17) is 15.3 Å². The van der Waals surface area contributed by atoms with E-state index < -0.39 is 0 Å². The molecule has 1 radical (unpaired) electrons. The van der Waals surface area contributed by atoms with Crippen LogP contribution >= 0.6 is 0 Å². The number of carbonyl (C=O) groups excluding carboxylic acids is 1. The summed E-state index contributed by atoms with van der Waals surface area (Å²) in [5, 5.41) is 27.6. The van der Waals surface area contributed by atoms with E-state index in [9.17, 15) is 4.79 Å². The topological polar surface area (TPSA) is 100 Å². The zero-order chi connectivity index (χ0) is 96.4. The molecule has 1 aromatic heterocycles. The third-order valence-corrected chi connectivity index (χ3v) is 30.2. The van der Waals surface area contributed by atoms with Crippen LogP contribution in [0.5, 0.6) is 0 Å². The summed E-state index contributed by atoms with van der Waals surface area (Å²) in [7, 11) is 2.15. The summed E-state index contributed by atoms with van der Waals surface area (Å²) in [6.45, 7) is 22.9. The van der Waals surface area contributed by atoms with Gasteiger partial charge in [0.15, 0.2) is 0 Å². The molecule has 1 aliphatic heterocycles. The SMILES string of the molecule is CCCCCCCCCCCCCCCCCCCCCCCCCCCCCCCCCCCCCO.CCCCCCCCCCCCCCCCCCCCCCCCCCCCCCCCO.CCCCCCCCCCCCCCCCCCCCCCCCCCCCCO.CCN(CC)C(=O)[C@@H]1C=C2c3cccc4[nH]cc(c34)C[C@H]2N(C)C1.[CH2]C(CC)CCCC. The molecule has 7 nitrogen and oxygen atoms in total. The number of unbranched alkanes of at least 4 members (excludes halogenated alkanes) is 90. The van der Waals surface area contributed by atoms with Gasteiger partial charge in [-0.15, -0.1) is 0 Å². The maximum atomic E-state index is 12.9. The van der Waals surface area contributed by atoms with Gasteiger partial charge in [0, 0.05) is 62.6 Å². The highest BCUT2D eigenvalue weighted by atomic mass is 16.3. The van der Waals surface area contributed by atoms with Crippen molar-refractivity contribution in [3.63, 3.8) is 0 Å². The van der Waals surface area contributed by atoms with Gasteiger partial charge in [0.25, 0.3) is 0 Å². The number of nitrogens with one attached hydrogen (secondary N) is 1. The van der Waals surface area contributed by atoms with E-state index in [1.165, 1.54) is 625 Å². The van der Waals surface area contributed by atoms with Gasteiger partial charge >= 0.3 is 0 Å². The van der Waals surface area contributed by atoms with Crippen LogP contribution in [0.3, 0.4) is 0 Å². The van der Waals surface area contributed by atoms with Crippen LogP contribution in [0.1, 0.15) is 676 Å². The summed E-state index contributed by atoms with van der Waals surface area (Å²) >= 11 is 0. The maximum absolute atomic E-state index is 12.9. The van der Waals surface area contributed by atoms with Gasteiger partial charge in [-0.2, -0.15) is 0 Å². The van der Waals surface area contributed by atoms with Gasteiger partial charge in [0.1, 0.15) is 0 Å². The average molecular weight is 1870 g/mol. The van der Waals surface area contributed by atoms with Crippen molar-refractivity contribution in [1.29, 1.82) is 0 Å². The van der Waals surface area contributed by atoms with Crippen LogP contribution in [0.4, 0.5) is 0 Å². The van der Waals surface area contributed by atoms with Crippen LogP contribution in [0.15, 0.2) is 30.5 Å². The second kappa shape index (κ2) is 110. The molecule has 0 fully saturated rings. The zero-order valence-corrected chi connectivity index (χ0v) is 92.3. The molecule has 2 heterocycles. The summed E-state index contributed by atoms with van der Waals surface area (Å²) in [5.74, 6) is 0.914. The molecule has 787 valence electrons. The normalized spacial score (nSPS) is 13.7.